The normalized spacial score (nSPS) is 16.7. The van der Waals surface area contributed by atoms with Gasteiger partial charge in [-0.3, -0.25) is 4.79 Å². The molecule has 0 bridgehead atoms. The summed E-state index contributed by atoms with van der Waals surface area (Å²) in [6.45, 7) is 3.76. The van der Waals surface area contributed by atoms with Gasteiger partial charge in [-0.1, -0.05) is 26.3 Å². The monoisotopic (exact) mass is 289 g/mol. The number of fused-ring (bicyclic) bond motifs is 1. The van der Waals surface area contributed by atoms with Crippen LogP contribution in [-0.4, -0.2) is 23.0 Å². The maximum absolute atomic E-state index is 12.3. The summed E-state index contributed by atoms with van der Waals surface area (Å²) in [4.78, 5) is 23.6. The minimum Gasteiger partial charge on any atom is -0.480 e. The molecule has 1 aromatic rings. The van der Waals surface area contributed by atoms with Gasteiger partial charge in [0, 0.05) is 5.56 Å². The quantitative estimate of drug-likeness (QED) is 0.876. The average molecular weight is 289 g/mol. The van der Waals surface area contributed by atoms with Crippen molar-refractivity contribution >= 4 is 11.9 Å². The van der Waals surface area contributed by atoms with Crippen molar-refractivity contribution in [3.8, 4) is 0 Å². The van der Waals surface area contributed by atoms with E-state index in [1.807, 2.05) is 26.0 Å². The van der Waals surface area contributed by atoms with Gasteiger partial charge in [0.15, 0.2) is 0 Å². The highest BCUT2D eigenvalue weighted by atomic mass is 16.4. The maximum Gasteiger partial charge on any atom is 0.326 e. The molecule has 1 amide bonds. The fourth-order valence-corrected chi connectivity index (χ4v) is 2.78. The van der Waals surface area contributed by atoms with Gasteiger partial charge in [-0.05, 0) is 54.9 Å². The number of hydrogen-bond donors (Lipinski definition) is 2. The number of amides is 1. The van der Waals surface area contributed by atoms with Gasteiger partial charge in [0.05, 0.1) is 0 Å². The van der Waals surface area contributed by atoms with E-state index in [1.165, 1.54) is 17.5 Å². The standard InChI is InChI=1S/C17H23NO3/c1-3-11(2)15(17(20)21)18-16(19)14-9-8-12-6-4-5-7-13(12)10-14/h8-11,15H,3-7H2,1-2H3,(H,18,19)(H,20,21)/t11?,15-/m0/s1. The number of carboxylic acids is 1. The zero-order valence-electron chi connectivity index (χ0n) is 12.7. The highest BCUT2D eigenvalue weighted by Gasteiger charge is 2.26. The van der Waals surface area contributed by atoms with Crippen molar-refractivity contribution in [2.45, 2.75) is 52.0 Å². The SMILES string of the molecule is CCC(C)[C@H](NC(=O)c1ccc2c(c1)CCCC2)C(=O)O. The number of aliphatic carboxylic acids is 1. The molecule has 4 heteroatoms. The van der Waals surface area contributed by atoms with Crippen LogP contribution in [0.2, 0.25) is 0 Å². The lowest BCUT2D eigenvalue weighted by Crippen LogP contribution is -2.45. The summed E-state index contributed by atoms with van der Waals surface area (Å²) >= 11 is 0. The predicted molar refractivity (Wildman–Crippen MR) is 81.4 cm³/mol. The lowest BCUT2D eigenvalue weighted by atomic mass is 9.90. The van der Waals surface area contributed by atoms with Crippen molar-refractivity contribution in [3.05, 3.63) is 34.9 Å². The van der Waals surface area contributed by atoms with E-state index in [1.54, 1.807) is 6.07 Å². The molecule has 0 aliphatic heterocycles. The molecular formula is C17H23NO3. The van der Waals surface area contributed by atoms with Crippen LogP contribution in [0.15, 0.2) is 18.2 Å². The first kappa shape index (κ1) is 15.5. The molecule has 0 saturated carbocycles. The number of carbonyl (C=O) groups excluding carboxylic acids is 1. The number of aryl methyl sites for hydroxylation is 2. The summed E-state index contributed by atoms with van der Waals surface area (Å²) in [5.41, 5.74) is 3.10. The van der Waals surface area contributed by atoms with Gasteiger partial charge in [0.25, 0.3) is 5.91 Å². The third-order valence-corrected chi connectivity index (χ3v) is 4.38. The Kier molecular flexibility index (Phi) is 4.99. The van der Waals surface area contributed by atoms with Crippen LogP contribution in [0.1, 0.15) is 54.6 Å². The summed E-state index contributed by atoms with van der Waals surface area (Å²) < 4.78 is 0. The van der Waals surface area contributed by atoms with Crippen LogP contribution >= 0.6 is 0 Å². The van der Waals surface area contributed by atoms with Crippen LogP contribution in [0.5, 0.6) is 0 Å². The molecular weight excluding hydrogens is 266 g/mol. The molecule has 0 saturated heterocycles. The van der Waals surface area contributed by atoms with E-state index < -0.39 is 12.0 Å². The van der Waals surface area contributed by atoms with E-state index in [0.717, 1.165) is 19.3 Å². The Hall–Kier alpha value is -1.84. The fraction of sp³-hybridized carbons (Fsp3) is 0.529. The molecule has 0 fully saturated rings. The lowest BCUT2D eigenvalue weighted by Gasteiger charge is -2.21. The van der Waals surface area contributed by atoms with Gasteiger partial charge in [-0.2, -0.15) is 0 Å². The molecule has 1 aromatic carbocycles. The maximum atomic E-state index is 12.3. The molecule has 1 aliphatic rings. The van der Waals surface area contributed by atoms with Gasteiger partial charge >= 0.3 is 5.97 Å². The average Bonchev–Trinajstić information content (AvgIpc) is 2.50. The predicted octanol–water partition coefficient (Wildman–Crippen LogP) is 2.79. The Morgan fingerprint density at radius 2 is 1.90 bits per heavy atom. The van der Waals surface area contributed by atoms with E-state index in [9.17, 15) is 14.7 Å². The molecule has 0 aromatic heterocycles. The van der Waals surface area contributed by atoms with Crippen molar-refractivity contribution in [2.24, 2.45) is 5.92 Å². The molecule has 0 spiro atoms. The molecule has 1 aliphatic carbocycles. The number of rotatable bonds is 5. The summed E-state index contributed by atoms with van der Waals surface area (Å²) in [7, 11) is 0. The van der Waals surface area contributed by atoms with Gasteiger partial charge in [-0.15, -0.1) is 0 Å². The number of nitrogens with one attached hydrogen (secondary N) is 1. The first-order valence-corrected chi connectivity index (χ1v) is 7.68. The first-order valence-electron chi connectivity index (χ1n) is 7.68. The highest BCUT2D eigenvalue weighted by Crippen LogP contribution is 2.22. The van der Waals surface area contributed by atoms with Crippen molar-refractivity contribution in [3.63, 3.8) is 0 Å². The Labute approximate surface area is 125 Å². The van der Waals surface area contributed by atoms with Crippen LogP contribution in [0.4, 0.5) is 0 Å². The lowest BCUT2D eigenvalue weighted by molar-refractivity contribution is -0.140. The van der Waals surface area contributed by atoms with Crippen LogP contribution in [-0.2, 0) is 17.6 Å². The molecule has 2 atom stereocenters. The molecule has 2 N–H and O–H groups in total. The van der Waals surface area contributed by atoms with E-state index in [-0.39, 0.29) is 11.8 Å². The van der Waals surface area contributed by atoms with Crippen molar-refractivity contribution < 1.29 is 14.7 Å². The molecule has 114 valence electrons. The van der Waals surface area contributed by atoms with E-state index in [2.05, 4.69) is 5.32 Å². The summed E-state index contributed by atoms with van der Waals surface area (Å²) in [5, 5.41) is 11.9. The van der Waals surface area contributed by atoms with Crippen LogP contribution in [0.25, 0.3) is 0 Å². The van der Waals surface area contributed by atoms with E-state index in [0.29, 0.717) is 12.0 Å². The second kappa shape index (κ2) is 6.74. The zero-order valence-corrected chi connectivity index (χ0v) is 12.7. The Bertz CT molecular complexity index is 539. The number of hydrogen-bond acceptors (Lipinski definition) is 2. The summed E-state index contributed by atoms with van der Waals surface area (Å²) in [5.74, 6) is -1.36. The highest BCUT2D eigenvalue weighted by molar-refractivity contribution is 5.96. The summed E-state index contributed by atoms with van der Waals surface area (Å²) in [6, 6.07) is 4.88. The number of benzene rings is 1. The van der Waals surface area contributed by atoms with E-state index >= 15 is 0 Å². The molecule has 2 rings (SSSR count). The minimum atomic E-state index is -0.976. The zero-order chi connectivity index (χ0) is 15.4. The minimum absolute atomic E-state index is 0.0934. The van der Waals surface area contributed by atoms with Crippen LogP contribution in [0.3, 0.4) is 0 Å². The Morgan fingerprint density at radius 3 is 2.52 bits per heavy atom. The molecule has 21 heavy (non-hydrogen) atoms. The first-order chi connectivity index (χ1) is 10.0. The largest absolute Gasteiger partial charge is 0.480 e. The second-order valence-corrected chi connectivity index (χ2v) is 5.87. The van der Waals surface area contributed by atoms with Crippen LogP contribution < -0.4 is 5.32 Å². The van der Waals surface area contributed by atoms with Crippen molar-refractivity contribution in [2.75, 3.05) is 0 Å². The second-order valence-electron chi connectivity index (χ2n) is 5.87. The van der Waals surface area contributed by atoms with Crippen molar-refractivity contribution in [1.29, 1.82) is 0 Å². The third-order valence-electron chi connectivity index (χ3n) is 4.38. The Balaban J connectivity index is 2.14. The molecule has 1 unspecified atom stereocenters. The van der Waals surface area contributed by atoms with Gasteiger partial charge < -0.3 is 10.4 Å². The topological polar surface area (TPSA) is 66.4 Å². The fourth-order valence-electron chi connectivity index (χ4n) is 2.78. The number of carbonyl (C=O) groups is 2. The van der Waals surface area contributed by atoms with Crippen molar-refractivity contribution in [1.82, 2.24) is 5.32 Å². The number of carboxylic acid groups (broad SMARTS) is 1. The molecule has 0 heterocycles. The van der Waals surface area contributed by atoms with Gasteiger partial charge in [0.2, 0.25) is 0 Å². The van der Waals surface area contributed by atoms with Crippen LogP contribution in [0, 0.1) is 5.92 Å². The summed E-state index contributed by atoms with van der Waals surface area (Å²) in [6.07, 6.45) is 5.14. The smallest absolute Gasteiger partial charge is 0.326 e. The van der Waals surface area contributed by atoms with Gasteiger partial charge in [0.1, 0.15) is 6.04 Å². The third kappa shape index (κ3) is 3.63. The molecule has 0 radical (unpaired) electrons. The molecule has 4 nitrogen and oxygen atoms in total. The Morgan fingerprint density at radius 1 is 1.24 bits per heavy atom. The van der Waals surface area contributed by atoms with Gasteiger partial charge in [-0.25, -0.2) is 4.79 Å². The van der Waals surface area contributed by atoms with E-state index in [4.69, 9.17) is 0 Å².